The molecule has 3 N–H and O–H groups in total. The van der Waals surface area contributed by atoms with Crippen LogP contribution in [0.3, 0.4) is 0 Å². The Hall–Kier alpha value is -2.14. The summed E-state index contributed by atoms with van der Waals surface area (Å²) in [5, 5.41) is 2.65. The fourth-order valence-corrected chi connectivity index (χ4v) is 3.10. The molecular weight excluding hydrogens is 296 g/mol. The van der Waals surface area contributed by atoms with Gasteiger partial charge in [0.2, 0.25) is 5.91 Å². The maximum absolute atomic E-state index is 11.5. The molecule has 2 amide bonds. The largest absolute Gasteiger partial charge is 0.365 e. The molecule has 1 heterocycles. The van der Waals surface area contributed by atoms with Crippen molar-refractivity contribution in [1.82, 2.24) is 0 Å². The van der Waals surface area contributed by atoms with Gasteiger partial charge < -0.3 is 11.1 Å². The van der Waals surface area contributed by atoms with Crippen molar-refractivity contribution in [2.45, 2.75) is 33.1 Å². The van der Waals surface area contributed by atoms with Gasteiger partial charge >= 0.3 is 0 Å². The molecule has 5 heteroatoms. The van der Waals surface area contributed by atoms with Crippen LogP contribution in [0.5, 0.6) is 0 Å². The molecule has 2 rings (SSSR count). The first kappa shape index (κ1) is 16.2. The van der Waals surface area contributed by atoms with Crippen LogP contribution < -0.4 is 11.1 Å². The third kappa shape index (κ3) is 3.54. The molecule has 4 nitrogen and oxygen atoms in total. The minimum Gasteiger partial charge on any atom is -0.365 e. The quantitative estimate of drug-likeness (QED) is 0.904. The molecule has 0 aliphatic carbocycles. The van der Waals surface area contributed by atoms with Gasteiger partial charge in [-0.15, -0.1) is 11.3 Å². The van der Waals surface area contributed by atoms with Gasteiger partial charge in [-0.25, -0.2) is 0 Å². The van der Waals surface area contributed by atoms with Crippen molar-refractivity contribution in [3.05, 3.63) is 40.8 Å². The third-order valence-corrected chi connectivity index (χ3v) is 4.50. The SMILES string of the molecule is CC(=O)Nc1cc(-c2ccc(C(C)(C)C)cc2)sc1C(N)=O. The van der Waals surface area contributed by atoms with E-state index in [0.717, 1.165) is 10.4 Å². The lowest BCUT2D eigenvalue weighted by Crippen LogP contribution is -2.13. The molecule has 1 aromatic heterocycles. The lowest BCUT2D eigenvalue weighted by molar-refractivity contribution is -0.114. The number of nitrogens with one attached hydrogen (secondary N) is 1. The van der Waals surface area contributed by atoms with Crippen molar-refractivity contribution < 1.29 is 9.59 Å². The first-order chi connectivity index (χ1) is 10.2. The van der Waals surface area contributed by atoms with E-state index in [-0.39, 0.29) is 11.3 Å². The fourth-order valence-electron chi connectivity index (χ4n) is 2.13. The Kier molecular flexibility index (Phi) is 4.37. The monoisotopic (exact) mass is 316 g/mol. The van der Waals surface area contributed by atoms with E-state index in [1.807, 2.05) is 12.1 Å². The van der Waals surface area contributed by atoms with Crippen LogP contribution in [0.1, 0.15) is 42.9 Å². The number of rotatable bonds is 3. The number of carbonyl (C=O) groups excluding carboxylic acids is 2. The molecule has 0 spiro atoms. The number of thiophene rings is 1. The molecule has 2 aromatic rings. The molecule has 0 aliphatic rings. The number of hydrogen-bond acceptors (Lipinski definition) is 3. The lowest BCUT2D eigenvalue weighted by atomic mass is 9.86. The zero-order valence-electron chi connectivity index (χ0n) is 13.2. The maximum Gasteiger partial charge on any atom is 0.260 e. The molecule has 0 aliphatic heterocycles. The van der Waals surface area contributed by atoms with E-state index >= 15 is 0 Å². The Morgan fingerprint density at radius 2 is 1.73 bits per heavy atom. The highest BCUT2D eigenvalue weighted by Crippen LogP contribution is 2.35. The smallest absolute Gasteiger partial charge is 0.260 e. The summed E-state index contributed by atoms with van der Waals surface area (Å²) in [6.45, 7) is 7.88. The second-order valence-corrected chi connectivity index (χ2v) is 7.28. The van der Waals surface area contributed by atoms with Gasteiger partial charge in [0.25, 0.3) is 5.91 Å². The maximum atomic E-state index is 11.5. The first-order valence-electron chi connectivity index (χ1n) is 7.00. The van der Waals surface area contributed by atoms with Gasteiger partial charge in [0, 0.05) is 11.8 Å². The van der Waals surface area contributed by atoms with Crippen LogP contribution in [-0.2, 0) is 10.2 Å². The number of anilines is 1. The van der Waals surface area contributed by atoms with Crippen LogP contribution in [0.2, 0.25) is 0 Å². The van der Waals surface area contributed by atoms with Gasteiger partial charge in [0.15, 0.2) is 0 Å². The Labute approximate surface area is 134 Å². The molecule has 0 atom stereocenters. The number of benzene rings is 1. The summed E-state index contributed by atoms with van der Waals surface area (Å²) >= 11 is 1.29. The zero-order valence-corrected chi connectivity index (χ0v) is 14.0. The van der Waals surface area contributed by atoms with E-state index in [2.05, 4.69) is 38.2 Å². The summed E-state index contributed by atoms with van der Waals surface area (Å²) in [6.07, 6.45) is 0. The first-order valence-corrected chi connectivity index (χ1v) is 7.82. The highest BCUT2D eigenvalue weighted by molar-refractivity contribution is 7.18. The Morgan fingerprint density at radius 3 is 2.18 bits per heavy atom. The van der Waals surface area contributed by atoms with Crippen LogP contribution in [0.15, 0.2) is 30.3 Å². The van der Waals surface area contributed by atoms with Gasteiger partial charge in [-0.2, -0.15) is 0 Å². The highest BCUT2D eigenvalue weighted by Gasteiger charge is 2.17. The molecule has 0 unspecified atom stereocenters. The standard InChI is InChI=1S/C17H20N2O2S/c1-10(20)19-13-9-14(22-15(13)16(18)21)11-5-7-12(8-6-11)17(2,3)4/h5-9H,1-4H3,(H2,18,21)(H,19,20). The summed E-state index contributed by atoms with van der Waals surface area (Å²) in [7, 11) is 0. The average Bonchev–Trinajstić information content (AvgIpc) is 2.81. The summed E-state index contributed by atoms with van der Waals surface area (Å²) in [5.41, 5.74) is 8.18. The normalized spacial score (nSPS) is 11.3. The van der Waals surface area contributed by atoms with Gasteiger partial charge in [-0.3, -0.25) is 9.59 Å². The van der Waals surface area contributed by atoms with Gasteiger partial charge in [-0.05, 0) is 22.6 Å². The van der Waals surface area contributed by atoms with E-state index in [1.165, 1.54) is 23.8 Å². The average molecular weight is 316 g/mol. The van der Waals surface area contributed by atoms with Crippen molar-refractivity contribution in [1.29, 1.82) is 0 Å². The van der Waals surface area contributed by atoms with Crippen LogP contribution in [0.25, 0.3) is 10.4 Å². The van der Waals surface area contributed by atoms with Crippen molar-refractivity contribution in [3.8, 4) is 10.4 Å². The molecule has 0 fully saturated rings. The van der Waals surface area contributed by atoms with Crippen molar-refractivity contribution >= 4 is 28.8 Å². The van der Waals surface area contributed by atoms with Crippen molar-refractivity contribution in [3.63, 3.8) is 0 Å². The second kappa shape index (κ2) is 5.93. The van der Waals surface area contributed by atoms with Crippen LogP contribution in [-0.4, -0.2) is 11.8 Å². The third-order valence-electron chi connectivity index (χ3n) is 3.30. The molecule has 1 aromatic carbocycles. The Bertz CT molecular complexity index is 709. The summed E-state index contributed by atoms with van der Waals surface area (Å²) in [6, 6.07) is 10.00. The summed E-state index contributed by atoms with van der Waals surface area (Å²) in [5.74, 6) is -0.763. The highest BCUT2D eigenvalue weighted by atomic mass is 32.1. The predicted molar refractivity (Wildman–Crippen MR) is 91.3 cm³/mol. The van der Waals surface area contributed by atoms with E-state index in [1.54, 1.807) is 6.07 Å². The Balaban J connectivity index is 2.40. The van der Waals surface area contributed by atoms with Crippen molar-refractivity contribution in [2.75, 3.05) is 5.32 Å². The lowest BCUT2D eigenvalue weighted by Gasteiger charge is -2.18. The number of nitrogens with two attached hydrogens (primary N) is 1. The molecule has 0 bridgehead atoms. The van der Waals surface area contributed by atoms with E-state index in [0.29, 0.717) is 10.6 Å². The predicted octanol–water partition coefficient (Wildman–Crippen LogP) is 3.77. The second-order valence-electron chi connectivity index (χ2n) is 6.23. The number of carbonyl (C=O) groups is 2. The summed E-state index contributed by atoms with van der Waals surface area (Å²) in [4.78, 5) is 24.0. The van der Waals surface area contributed by atoms with E-state index in [9.17, 15) is 9.59 Å². The van der Waals surface area contributed by atoms with Crippen LogP contribution in [0.4, 0.5) is 5.69 Å². The Morgan fingerprint density at radius 1 is 1.14 bits per heavy atom. The van der Waals surface area contributed by atoms with E-state index < -0.39 is 5.91 Å². The van der Waals surface area contributed by atoms with Crippen molar-refractivity contribution in [2.24, 2.45) is 5.73 Å². The number of amides is 2. The summed E-state index contributed by atoms with van der Waals surface area (Å²) < 4.78 is 0. The van der Waals surface area contributed by atoms with Gasteiger partial charge in [0.1, 0.15) is 4.88 Å². The minimum atomic E-state index is -0.536. The van der Waals surface area contributed by atoms with Crippen LogP contribution >= 0.6 is 11.3 Å². The van der Waals surface area contributed by atoms with Crippen LogP contribution in [0, 0.1) is 0 Å². The molecule has 0 saturated carbocycles. The minimum absolute atomic E-state index is 0.0910. The van der Waals surface area contributed by atoms with E-state index in [4.69, 9.17) is 5.73 Å². The molecule has 0 radical (unpaired) electrons. The molecular formula is C17H20N2O2S. The zero-order chi connectivity index (χ0) is 16.5. The number of hydrogen-bond donors (Lipinski definition) is 2. The molecule has 22 heavy (non-hydrogen) atoms. The van der Waals surface area contributed by atoms with Gasteiger partial charge in [-0.1, -0.05) is 45.0 Å². The fraction of sp³-hybridized carbons (Fsp3) is 0.294. The molecule has 116 valence electrons. The number of primary amides is 1. The molecule has 0 saturated heterocycles. The van der Waals surface area contributed by atoms with Gasteiger partial charge in [0.05, 0.1) is 5.69 Å². The topological polar surface area (TPSA) is 72.2 Å².